The molecule has 0 aliphatic carbocycles. The van der Waals surface area contributed by atoms with Crippen LogP contribution >= 0.6 is 0 Å². The molecule has 6 heteroatoms. The van der Waals surface area contributed by atoms with E-state index >= 15 is 0 Å². The maximum absolute atomic E-state index is 11.0. The van der Waals surface area contributed by atoms with E-state index in [9.17, 15) is 4.79 Å². The van der Waals surface area contributed by atoms with Crippen LogP contribution in [0, 0.1) is 0 Å². The fraction of sp³-hybridized carbons (Fsp3) is 0.625. The molecule has 0 saturated carbocycles. The van der Waals surface area contributed by atoms with Gasteiger partial charge in [-0.1, -0.05) is 0 Å². The Morgan fingerprint density at radius 3 is 2.79 bits per heavy atom. The number of nitrogens with zero attached hydrogens (tertiary/aromatic N) is 3. The van der Waals surface area contributed by atoms with Gasteiger partial charge in [-0.3, -0.25) is 14.8 Å². The standard InChI is InChI=1S/C8H15N5O/c1-8(2,7(9)14)11-4-6-10-5-12-13(6)3/h5,11H,4H2,1-3H3,(H2,9,14). The summed E-state index contributed by atoms with van der Waals surface area (Å²) in [6.07, 6.45) is 1.47. The first-order valence-corrected chi connectivity index (χ1v) is 4.31. The summed E-state index contributed by atoms with van der Waals surface area (Å²) in [5.41, 5.74) is 4.47. The van der Waals surface area contributed by atoms with Gasteiger partial charge in [-0.05, 0) is 13.8 Å². The Morgan fingerprint density at radius 1 is 1.71 bits per heavy atom. The lowest BCUT2D eigenvalue weighted by molar-refractivity contribution is -0.123. The van der Waals surface area contributed by atoms with Crippen LogP contribution in [-0.2, 0) is 18.4 Å². The molecule has 1 aromatic heterocycles. The van der Waals surface area contributed by atoms with Gasteiger partial charge >= 0.3 is 0 Å². The van der Waals surface area contributed by atoms with Crippen LogP contribution in [0.5, 0.6) is 0 Å². The molecule has 0 fully saturated rings. The average Bonchev–Trinajstić information content (AvgIpc) is 2.47. The van der Waals surface area contributed by atoms with Gasteiger partial charge in [0.05, 0.1) is 12.1 Å². The largest absolute Gasteiger partial charge is 0.368 e. The van der Waals surface area contributed by atoms with E-state index < -0.39 is 5.54 Å². The van der Waals surface area contributed by atoms with E-state index in [1.54, 1.807) is 25.6 Å². The quantitative estimate of drug-likeness (QED) is 0.659. The smallest absolute Gasteiger partial charge is 0.237 e. The molecular formula is C8H15N5O. The number of hydrogen-bond donors (Lipinski definition) is 2. The van der Waals surface area contributed by atoms with Crippen LogP contribution in [0.15, 0.2) is 6.33 Å². The van der Waals surface area contributed by atoms with Crippen molar-refractivity contribution in [1.82, 2.24) is 20.1 Å². The second-order valence-corrected chi connectivity index (χ2v) is 3.64. The van der Waals surface area contributed by atoms with Crippen LogP contribution in [0.4, 0.5) is 0 Å². The van der Waals surface area contributed by atoms with Gasteiger partial charge in [0.25, 0.3) is 0 Å². The number of nitrogens with two attached hydrogens (primary N) is 1. The van der Waals surface area contributed by atoms with Crippen LogP contribution in [0.3, 0.4) is 0 Å². The lowest BCUT2D eigenvalue weighted by atomic mass is 10.1. The monoisotopic (exact) mass is 197 g/mol. The molecule has 0 bridgehead atoms. The Balaban J connectivity index is 2.57. The van der Waals surface area contributed by atoms with E-state index in [0.717, 1.165) is 5.82 Å². The van der Waals surface area contributed by atoms with E-state index in [0.29, 0.717) is 6.54 Å². The van der Waals surface area contributed by atoms with Gasteiger partial charge in [0.1, 0.15) is 12.2 Å². The number of primary amides is 1. The van der Waals surface area contributed by atoms with Crippen molar-refractivity contribution in [2.45, 2.75) is 25.9 Å². The Labute approximate surface area is 82.5 Å². The van der Waals surface area contributed by atoms with Crippen molar-refractivity contribution in [2.24, 2.45) is 12.8 Å². The van der Waals surface area contributed by atoms with E-state index in [4.69, 9.17) is 5.73 Å². The second kappa shape index (κ2) is 3.75. The lowest BCUT2D eigenvalue weighted by Gasteiger charge is -2.21. The lowest BCUT2D eigenvalue weighted by Crippen LogP contribution is -2.50. The summed E-state index contributed by atoms with van der Waals surface area (Å²) in [5, 5.41) is 6.92. The van der Waals surface area contributed by atoms with Gasteiger partial charge in [0, 0.05) is 7.05 Å². The molecule has 0 radical (unpaired) electrons. The Bertz CT molecular complexity index is 330. The summed E-state index contributed by atoms with van der Waals surface area (Å²) in [4.78, 5) is 15.0. The SMILES string of the molecule is Cn1ncnc1CNC(C)(C)C(N)=O. The highest BCUT2D eigenvalue weighted by Gasteiger charge is 2.24. The molecule has 0 unspecified atom stereocenters. The summed E-state index contributed by atoms with van der Waals surface area (Å²) in [5.74, 6) is 0.374. The van der Waals surface area contributed by atoms with Gasteiger partial charge < -0.3 is 5.73 Å². The molecule has 0 aliphatic heterocycles. The highest BCUT2D eigenvalue weighted by molar-refractivity contribution is 5.83. The molecular weight excluding hydrogens is 182 g/mol. The summed E-state index contributed by atoms with van der Waals surface area (Å²) in [7, 11) is 1.79. The van der Waals surface area contributed by atoms with E-state index in [2.05, 4.69) is 15.4 Å². The zero-order chi connectivity index (χ0) is 10.8. The Hall–Kier alpha value is -1.43. The second-order valence-electron chi connectivity index (χ2n) is 3.64. The van der Waals surface area contributed by atoms with Gasteiger partial charge in [-0.15, -0.1) is 0 Å². The van der Waals surface area contributed by atoms with Crippen molar-refractivity contribution < 1.29 is 4.79 Å². The number of nitrogens with one attached hydrogen (secondary N) is 1. The predicted octanol–water partition coefficient (Wildman–Crippen LogP) is -0.831. The normalized spacial score (nSPS) is 11.6. The molecule has 14 heavy (non-hydrogen) atoms. The minimum absolute atomic E-state index is 0.389. The molecule has 0 spiro atoms. The minimum atomic E-state index is -0.730. The summed E-state index contributed by atoms with van der Waals surface area (Å²) in [6.45, 7) is 3.92. The zero-order valence-corrected chi connectivity index (χ0v) is 8.61. The average molecular weight is 197 g/mol. The Kier molecular flexibility index (Phi) is 2.85. The van der Waals surface area contributed by atoms with Crippen LogP contribution in [-0.4, -0.2) is 26.2 Å². The molecule has 0 aromatic carbocycles. The molecule has 1 amide bonds. The number of aromatic nitrogens is 3. The van der Waals surface area contributed by atoms with Crippen LogP contribution in [0.2, 0.25) is 0 Å². The van der Waals surface area contributed by atoms with E-state index in [1.807, 2.05) is 0 Å². The first-order chi connectivity index (χ1) is 6.43. The number of rotatable bonds is 4. The third-order valence-corrected chi connectivity index (χ3v) is 2.11. The highest BCUT2D eigenvalue weighted by Crippen LogP contribution is 2.02. The molecule has 78 valence electrons. The maximum Gasteiger partial charge on any atom is 0.237 e. The third-order valence-electron chi connectivity index (χ3n) is 2.11. The van der Waals surface area contributed by atoms with Gasteiger partial charge in [-0.2, -0.15) is 5.10 Å². The first-order valence-electron chi connectivity index (χ1n) is 4.31. The molecule has 1 heterocycles. The molecule has 0 atom stereocenters. The van der Waals surface area contributed by atoms with Gasteiger partial charge in [0.2, 0.25) is 5.91 Å². The fourth-order valence-corrected chi connectivity index (χ4v) is 0.867. The van der Waals surface area contributed by atoms with E-state index in [-0.39, 0.29) is 5.91 Å². The first kappa shape index (κ1) is 10.6. The molecule has 1 aromatic rings. The van der Waals surface area contributed by atoms with Gasteiger partial charge in [-0.25, -0.2) is 4.98 Å². The van der Waals surface area contributed by atoms with Crippen molar-refractivity contribution in [2.75, 3.05) is 0 Å². The molecule has 3 N–H and O–H groups in total. The van der Waals surface area contributed by atoms with Crippen molar-refractivity contribution >= 4 is 5.91 Å². The summed E-state index contributed by atoms with van der Waals surface area (Å²) < 4.78 is 1.64. The fourth-order valence-electron chi connectivity index (χ4n) is 0.867. The van der Waals surface area contributed by atoms with Crippen molar-refractivity contribution in [3.63, 3.8) is 0 Å². The number of carbonyl (C=O) groups excluding carboxylic acids is 1. The molecule has 0 aliphatic rings. The highest BCUT2D eigenvalue weighted by atomic mass is 16.1. The number of aryl methyl sites for hydroxylation is 1. The Morgan fingerprint density at radius 2 is 2.36 bits per heavy atom. The predicted molar refractivity (Wildman–Crippen MR) is 51.1 cm³/mol. The number of carbonyl (C=O) groups is 1. The molecule has 0 saturated heterocycles. The van der Waals surface area contributed by atoms with E-state index in [1.165, 1.54) is 6.33 Å². The minimum Gasteiger partial charge on any atom is -0.368 e. The third kappa shape index (κ3) is 2.29. The van der Waals surface area contributed by atoms with Crippen molar-refractivity contribution in [3.05, 3.63) is 12.2 Å². The number of amides is 1. The van der Waals surface area contributed by atoms with Crippen LogP contribution in [0.1, 0.15) is 19.7 Å². The molecule has 1 rings (SSSR count). The van der Waals surface area contributed by atoms with Crippen molar-refractivity contribution in [3.8, 4) is 0 Å². The van der Waals surface area contributed by atoms with Crippen LogP contribution < -0.4 is 11.1 Å². The topological polar surface area (TPSA) is 85.8 Å². The van der Waals surface area contributed by atoms with Crippen molar-refractivity contribution in [1.29, 1.82) is 0 Å². The number of hydrogen-bond acceptors (Lipinski definition) is 4. The molecule has 6 nitrogen and oxygen atoms in total. The summed E-state index contributed by atoms with van der Waals surface area (Å²) >= 11 is 0. The summed E-state index contributed by atoms with van der Waals surface area (Å²) in [6, 6.07) is 0. The van der Waals surface area contributed by atoms with Crippen LogP contribution in [0.25, 0.3) is 0 Å². The zero-order valence-electron chi connectivity index (χ0n) is 8.61. The van der Waals surface area contributed by atoms with Gasteiger partial charge in [0.15, 0.2) is 0 Å². The maximum atomic E-state index is 11.0.